The summed E-state index contributed by atoms with van der Waals surface area (Å²) in [6.07, 6.45) is 2.46. The van der Waals surface area contributed by atoms with Gasteiger partial charge in [-0.2, -0.15) is 11.8 Å². The molecule has 0 fully saturated rings. The normalized spacial score (nSPS) is 12.1. The van der Waals surface area contributed by atoms with Gasteiger partial charge < -0.3 is 20.9 Å². The molecule has 0 aromatic carbocycles. The average Bonchev–Trinajstić information content (AvgIpc) is 2.25. The van der Waals surface area contributed by atoms with Crippen LogP contribution in [0.2, 0.25) is 0 Å². The van der Waals surface area contributed by atoms with Crippen LogP contribution in [0.15, 0.2) is 23.5 Å². The van der Waals surface area contributed by atoms with E-state index in [0.717, 1.165) is 0 Å². The predicted octanol–water partition coefficient (Wildman–Crippen LogP) is 0.531. The molecule has 0 unspecified atom stereocenters. The second-order valence-electron chi connectivity index (χ2n) is 3.72. The van der Waals surface area contributed by atoms with Crippen molar-refractivity contribution in [2.75, 3.05) is 24.7 Å². The minimum Gasteiger partial charge on any atom is -0.462 e. The molecule has 6 nitrogen and oxygen atoms in total. The lowest BCUT2D eigenvalue weighted by molar-refractivity contribution is -0.137. The van der Waals surface area contributed by atoms with E-state index in [4.69, 9.17) is 20.9 Å². The number of hydrogen-bond acceptors (Lipinski definition) is 7. The van der Waals surface area contributed by atoms with Crippen LogP contribution in [0.4, 0.5) is 0 Å². The molecule has 0 aromatic rings. The summed E-state index contributed by atoms with van der Waals surface area (Å²) in [5, 5.41) is 0. The first kappa shape index (κ1) is 17.4. The Hall–Kier alpha value is -1.63. The zero-order chi connectivity index (χ0) is 14.7. The molecule has 108 valence electrons. The molecule has 0 amide bonds. The Balaban J connectivity index is 3.47. The van der Waals surface area contributed by atoms with E-state index >= 15 is 0 Å². The van der Waals surface area contributed by atoms with E-state index in [1.54, 1.807) is 13.8 Å². The van der Waals surface area contributed by atoms with E-state index < -0.39 is 11.9 Å². The SMILES string of the molecule is C/C(N)=C\C(=O)OCCSCCOC(=O)/C=C(\C)N. The van der Waals surface area contributed by atoms with Crippen molar-refractivity contribution in [1.29, 1.82) is 0 Å². The fourth-order valence-electron chi connectivity index (χ4n) is 0.960. The monoisotopic (exact) mass is 288 g/mol. The van der Waals surface area contributed by atoms with Crippen molar-refractivity contribution in [3.05, 3.63) is 23.5 Å². The lowest BCUT2D eigenvalue weighted by Gasteiger charge is -2.03. The Bertz CT molecular complexity index is 325. The summed E-state index contributed by atoms with van der Waals surface area (Å²) in [5.74, 6) is 0.366. The van der Waals surface area contributed by atoms with Gasteiger partial charge >= 0.3 is 11.9 Å². The van der Waals surface area contributed by atoms with Gasteiger partial charge in [-0.1, -0.05) is 0 Å². The fraction of sp³-hybridized carbons (Fsp3) is 0.500. The molecule has 19 heavy (non-hydrogen) atoms. The first-order valence-electron chi connectivity index (χ1n) is 5.70. The van der Waals surface area contributed by atoms with Crippen LogP contribution in [0, 0.1) is 0 Å². The highest BCUT2D eigenvalue weighted by molar-refractivity contribution is 7.99. The highest BCUT2D eigenvalue weighted by atomic mass is 32.2. The van der Waals surface area contributed by atoms with Crippen LogP contribution in [0.25, 0.3) is 0 Å². The van der Waals surface area contributed by atoms with Gasteiger partial charge in [0.25, 0.3) is 0 Å². The van der Waals surface area contributed by atoms with Gasteiger partial charge in [0.15, 0.2) is 0 Å². The van der Waals surface area contributed by atoms with E-state index in [1.807, 2.05) is 0 Å². The molecule has 0 aliphatic rings. The molecule has 4 N–H and O–H groups in total. The maximum Gasteiger partial charge on any atom is 0.332 e. The van der Waals surface area contributed by atoms with Crippen LogP contribution in [0.1, 0.15) is 13.8 Å². The average molecular weight is 288 g/mol. The van der Waals surface area contributed by atoms with Gasteiger partial charge in [0, 0.05) is 35.1 Å². The van der Waals surface area contributed by atoms with E-state index in [0.29, 0.717) is 36.1 Å². The van der Waals surface area contributed by atoms with Crippen molar-refractivity contribution >= 4 is 23.7 Å². The van der Waals surface area contributed by atoms with Crippen molar-refractivity contribution in [2.24, 2.45) is 11.5 Å². The molecule has 0 aromatic heterocycles. The Morgan fingerprint density at radius 1 is 0.947 bits per heavy atom. The summed E-state index contributed by atoms with van der Waals surface area (Å²) in [6, 6.07) is 0. The summed E-state index contributed by atoms with van der Waals surface area (Å²) in [6.45, 7) is 3.82. The van der Waals surface area contributed by atoms with Crippen molar-refractivity contribution in [1.82, 2.24) is 0 Å². The van der Waals surface area contributed by atoms with Gasteiger partial charge in [-0.25, -0.2) is 9.59 Å². The van der Waals surface area contributed by atoms with Crippen LogP contribution in [0.3, 0.4) is 0 Å². The molecule has 0 rings (SSSR count). The van der Waals surface area contributed by atoms with Crippen molar-refractivity contribution < 1.29 is 19.1 Å². The number of esters is 2. The van der Waals surface area contributed by atoms with Crippen LogP contribution < -0.4 is 11.5 Å². The second kappa shape index (κ2) is 10.3. The van der Waals surface area contributed by atoms with Gasteiger partial charge in [0.2, 0.25) is 0 Å². The summed E-state index contributed by atoms with van der Waals surface area (Å²) in [4.78, 5) is 22.1. The smallest absolute Gasteiger partial charge is 0.332 e. The number of rotatable bonds is 8. The van der Waals surface area contributed by atoms with Crippen molar-refractivity contribution in [3.8, 4) is 0 Å². The van der Waals surface area contributed by atoms with Crippen molar-refractivity contribution in [2.45, 2.75) is 13.8 Å². The van der Waals surface area contributed by atoms with E-state index in [1.165, 1.54) is 23.9 Å². The Morgan fingerprint density at radius 3 is 1.63 bits per heavy atom. The molecule has 0 saturated carbocycles. The quantitative estimate of drug-likeness (QED) is 0.381. The Kier molecular flexibility index (Phi) is 9.42. The maximum absolute atomic E-state index is 11.1. The predicted molar refractivity (Wildman–Crippen MR) is 75.1 cm³/mol. The number of ether oxygens (including phenoxy) is 2. The third kappa shape index (κ3) is 12.6. The van der Waals surface area contributed by atoms with Gasteiger partial charge in [-0.3, -0.25) is 0 Å². The molecular formula is C12H20N2O4S. The fourth-order valence-corrected chi connectivity index (χ4v) is 1.57. The van der Waals surface area contributed by atoms with Gasteiger partial charge in [-0.05, 0) is 13.8 Å². The molecule has 0 spiro atoms. The third-order valence-corrected chi connectivity index (χ3v) is 2.55. The molecule has 0 atom stereocenters. The second-order valence-corrected chi connectivity index (χ2v) is 4.95. The van der Waals surface area contributed by atoms with Crippen molar-refractivity contribution in [3.63, 3.8) is 0 Å². The summed E-state index contributed by atoms with van der Waals surface area (Å²) < 4.78 is 9.77. The molecule has 0 aliphatic heterocycles. The van der Waals surface area contributed by atoms with Crippen LogP contribution in [-0.4, -0.2) is 36.7 Å². The number of carbonyl (C=O) groups excluding carboxylic acids is 2. The highest BCUT2D eigenvalue weighted by Gasteiger charge is 2.00. The molecule has 0 bridgehead atoms. The molecule has 0 radical (unpaired) electrons. The maximum atomic E-state index is 11.1. The summed E-state index contributed by atoms with van der Waals surface area (Å²) >= 11 is 1.52. The molecule has 7 heteroatoms. The topological polar surface area (TPSA) is 105 Å². The largest absolute Gasteiger partial charge is 0.462 e. The zero-order valence-electron chi connectivity index (χ0n) is 11.2. The molecule has 0 saturated heterocycles. The number of thioether (sulfide) groups is 1. The first-order valence-corrected chi connectivity index (χ1v) is 6.86. The minimum absolute atomic E-state index is 0.295. The third-order valence-electron chi connectivity index (χ3n) is 1.64. The number of allylic oxidation sites excluding steroid dienone is 2. The van der Waals surface area contributed by atoms with Gasteiger partial charge in [0.05, 0.1) is 0 Å². The molecule has 0 heterocycles. The van der Waals surface area contributed by atoms with E-state index in [9.17, 15) is 9.59 Å². The Labute approximate surface area is 117 Å². The standard InChI is InChI=1S/C12H20N2O4S/c1-9(13)7-11(15)17-3-5-19-6-4-18-12(16)8-10(2)14/h7-8H,3-6,13-14H2,1-2H3/b9-7+,10-8+. The number of hydrogen-bond donors (Lipinski definition) is 2. The number of nitrogens with two attached hydrogens (primary N) is 2. The summed E-state index contributed by atoms with van der Waals surface area (Å²) in [5.41, 5.74) is 11.5. The lowest BCUT2D eigenvalue weighted by Crippen LogP contribution is -2.09. The Morgan fingerprint density at radius 2 is 1.32 bits per heavy atom. The van der Waals surface area contributed by atoms with Crippen LogP contribution >= 0.6 is 11.8 Å². The lowest BCUT2D eigenvalue weighted by atomic mass is 10.4. The highest BCUT2D eigenvalue weighted by Crippen LogP contribution is 2.00. The van der Waals surface area contributed by atoms with E-state index in [-0.39, 0.29) is 0 Å². The van der Waals surface area contributed by atoms with Gasteiger partial charge in [-0.15, -0.1) is 0 Å². The first-order chi connectivity index (χ1) is 8.91. The zero-order valence-corrected chi connectivity index (χ0v) is 12.0. The molecule has 0 aliphatic carbocycles. The van der Waals surface area contributed by atoms with Crippen LogP contribution in [0.5, 0.6) is 0 Å². The van der Waals surface area contributed by atoms with E-state index in [2.05, 4.69) is 0 Å². The minimum atomic E-state index is -0.449. The number of carbonyl (C=O) groups is 2. The molecular weight excluding hydrogens is 268 g/mol. The summed E-state index contributed by atoms with van der Waals surface area (Å²) in [7, 11) is 0. The van der Waals surface area contributed by atoms with Crippen LogP contribution in [-0.2, 0) is 19.1 Å². The van der Waals surface area contributed by atoms with Gasteiger partial charge in [0.1, 0.15) is 13.2 Å².